The van der Waals surface area contributed by atoms with E-state index in [1.807, 2.05) is 0 Å². The smallest absolute Gasteiger partial charge is 0.420 e. The fourth-order valence-electron chi connectivity index (χ4n) is 0.472. The summed E-state index contributed by atoms with van der Waals surface area (Å²) < 4.78 is 27.1. The van der Waals surface area contributed by atoms with Crippen LogP contribution in [0.4, 0.5) is 4.79 Å². The minimum absolute atomic E-state index is 0.550. The first-order chi connectivity index (χ1) is 5.37. The molecule has 0 aromatic rings. The fraction of sp³-hybridized carbons (Fsp3) is 0.600. The van der Waals surface area contributed by atoms with Crippen LogP contribution in [0.25, 0.3) is 0 Å². The quantitative estimate of drug-likeness (QED) is 0.640. The van der Waals surface area contributed by atoms with Crippen molar-refractivity contribution in [3.63, 3.8) is 0 Å². The lowest BCUT2D eigenvalue weighted by Gasteiger charge is -2.02. The molecule has 0 aliphatic rings. The van der Waals surface area contributed by atoms with Gasteiger partial charge in [0.05, 0.1) is 7.11 Å². The number of hydrogen-bond donors (Lipinski definition) is 1. The third-order valence-corrected chi connectivity index (χ3v) is 2.08. The number of rotatable bonds is 3. The third kappa shape index (κ3) is 4.67. The van der Waals surface area contributed by atoms with Crippen LogP contribution >= 0.6 is 0 Å². The Morgan fingerprint density at radius 1 is 1.42 bits per heavy atom. The first kappa shape index (κ1) is 10.9. The van der Waals surface area contributed by atoms with Gasteiger partial charge in [0, 0.05) is 0 Å². The molecule has 0 rings (SSSR count). The highest BCUT2D eigenvalue weighted by atomic mass is 32.2. The number of ether oxygens (including phenoxy) is 1. The molecule has 70 valence electrons. The molecule has 0 fully saturated rings. The van der Waals surface area contributed by atoms with Gasteiger partial charge >= 0.3 is 6.09 Å². The number of carbonyl (C=O) groups excluding carboxylic acids is 2. The van der Waals surface area contributed by atoms with E-state index in [1.54, 1.807) is 0 Å². The monoisotopic (exact) mass is 195 g/mol. The van der Waals surface area contributed by atoms with Gasteiger partial charge in [0.1, 0.15) is 11.5 Å². The number of methoxy groups -OCH3 is 1. The molecule has 0 saturated heterocycles. The van der Waals surface area contributed by atoms with Crippen molar-refractivity contribution < 1.29 is 22.7 Å². The fourth-order valence-corrected chi connectivity index (χ4v) is 1.42. The highest BCUT2D eigenvalue weighted by Gasteiger charge is 2.16. The number of ketones is 1. The first-order valence-electron chi connectivity index (χ1n) is 2.95. The van der Waals surface area contributed by atoms with E-state index in [0.29, 0.717) is 0 Å². The van der Waals surface area contributed by atoms with Crippen LogP contribution in [0.3, 0.4) is 0 Å². The van der Waals surface area contributed by atoms with Crippen LogP contribution in [-0.2, 0) is 19.6 Å². The van der Waals surface area contributed by atoms with Crippen LogP contribution < -0.4 is 4.72 Å². The van der Waals surface area contributed by atoms with Gasteiger partial charge in [0.2, 0.25) is 10.0 Å². The Bertz CT molecular complexity index is 280. The van der Waals surface area contributed by atoms with Crippen molar-refractivity contribution >= 4 is 21.9 Å². The van der Waals surface area contributed by atoms with E-state index in [2.05, 4.69) is 4.74 Å². The summed E-state index contributed by atoms with van der Waals surface area (Å²) in [5.74, 6) is -1.27. The largest absolute Gasteiger partial charge is 0.452 e. The molecule has 6 nitrogen and oxygen atoms in total. The van der Waals surface area contributed by atoms with Crippen LogP contribution in [0.2, 0.25) is 0 Å². The summed E-state index contributed by atoms with van der Waals surface area (Å²) >= 11 is 0. The molecule has 1 amide bonds. The van der Waals surface area contributed by atoms with Crippen LogP contribution in [-0.4, -0.2) is 33.2 Å². The maximum absolute atomic E-state index is 10.8. The number of Topliss-reactive ketones (excluding diaryl/α,β-unsaturated/α-hetero) is 1. The lowest BCUT2D eigenvalue weighted by atomic mass is 10.5. The highest BCUT2D eigenvalue weighted by molar-refractivity contribution is 7.90. The van der Waals surface area contributed by atoms with E-state index in [-0.39, 0.29) is 0 Å². The van der Waals surface area contributed by atoms with Gasteiger partial charge in [-0.2, -0.15) is 0 Å². The maximum atomic E-state index is 10.8. The number of sulfonamides is 1. The summed E-state index contributed by atoms with van der Waals surface area (Å²) in [7, 11) is -2.84. The van der Waals surface area contributed by atoms with Gasteiger partial charge in [-0.25, -0.2) is 17.9 Å². The van der Waals surface area contributed by atoms with Crippen LogP contribution in [0.1, 0.15) is 6.92 Å². The first-order valence-corrected chi connectivity index (χ1v) is 4.60. The topological polar surface area (TPSA) is 89.5 Å². The number of carbonyl (C=O) groups is 2. The lowest BCUT2D eigenvalue weighted by Crippen LogP contribution is -2.34. The zero-order valence-corrected chi connectivity index (χ0v) is 7.47. The minimum Gasteiger partial charge on any atom is -0.452 e. The Labute approximate surface area is 69.9 Å². The normalized spacial score (nSPS) is 10.5. The minimum atomic E-state index is -3.87. The van der Waals surface area contributed by atoms with Crippen molar-refractivity contribution in [3.8, 4) is 0 Å². The molecule has 0 atom stereocenters. The van der Waals surface area contributed by atoms with Crippen molar-refractivity contribution in [3.05, 3.63) is 0 Å². The molecular formula is C5H9NO5S. The van der Waals surface area contributed by atoms with E-state index >= 15 is 0 Å². The Kier molecular flexibility index (Phi) is 3.68. The molecule has 12 heavy (non-hydrogen) atoms. The van der Waals surface area contributed by atoms with Crippen molar-refractivity contribution in [2.75, 3.05) is 12.9 Å². The molecule has 0 saturated carbocycles. The third-order valence-electron chi connectivity index (χ3n) is 0.818. The standard InChI is InChI=1S/C5H9NO5S/c1-4(7)3-12(9,10)6-5(8)11-2/h3H2,1-2H3,(H,6,8). The zero-order valence-electron chi connectivity index (χ0n) is 6.66. The molecule has 0 bridgehead atoms. The average molecular weight is 195 g/mol. The summed E-state index contributed by atoms with van der Waals surface area (Å²) in [5.41, 5.74) is 0. The molecular weight excluding hydrogens is 186 g/mol. The number of amides is 1. The second-order valence-corrected chi connectivity index (χ2v) is 3.78. The molecule has 0 heterocycles. The van der Waals surface area contributed by atoms with Crippen LogP contribution in [0, 0.1) is 0 Å². The van der Waals surface area contributed by atoms with Gasteiger partial charge in [0.15, 0.2) is 0 Å². The molecule has 0 aliphatic carbocycles. The summed E-state index contributed by atoms with van der Waals surface area (Å²) in [4.78, 5) is 20.7. The molecule has 0 aromatic carbocycles. The average Bonchev–Trinajstić information content (AvgIpc) is 1.83. The van der Waals surface area contributed by atoms with Gasteiger partial charge in [-0.05, 0) is 6.92 Å². The molecule has 0 spiro atoms. The Balaban J connectivity index is 4.25. The zero-order chi connectivity index (χ0) is 9.78. The van der Waals surface area contributed by atoms with Gasteiger partial charge in [0.25, 0.3) is 0 Å². The van der Waals surface area contributed by atoms with E-state index in [1.165, 1.54) is 4.72 Å². The maximum Gasteiger partial charge on any atom is 0.420 e. The molecule has 0 unspecified atom stereocenters. The summed E-state index contributed by atoms with van der Waals surface area (Å²) in [5, 5.41) is 0. The predicted molar refractivity (Wildman–Crippen MR) is 40.0 cm³/mol. The van der Waals surface area contributed by atoms with E-state index in [0.717, 1.165) is 14.0 Å². The Morgan fingerprint density at radius 2 is 1.92 bits per heavy atom. The molecule has 7 heteroatoms. The Morgan fingerprint density at radius 3 is 2.25 bits per heavy atom. The number of hydrogen-bond acceptors (Lipinski definition) is 5. The van der Waals surface area contributed by atoms with E-state index < -0.39 is 27.7 Å². The van der Waals surface area contributed by atoms with Crippen LogP contribution in [0.5, 0.6) is 0 Å². The molecule has 0 aliphatic heterocycles. The van der Waals surface area contributed by atoms with Crippen molar-refractivity contribution in [2.45, 2.75) is 6.92 Å². The summed E-state index contributed by atoms with van der Waals surface area (Å²) in [6, 6.07) is 0. The van der Waals surface area contributed by atoms with E-state index in [9.17, 15) is 18.0 Å². The van der Waals surface area contributed by atoms with Crippen molar-refractivity contribution in [2.24, 2.45) is 0 Å². The van der Waals surface area contributed by atoms with E-state index in [4.69, 9.17) is 0 Å². The second-order valence-electron chi connectivity index (χ2n) is 2.05. The highest BCUT2D eigenvalue weighted by Crippen LogP contribution is 1.86. The van der Waals surface area contributed by atoms with Gasteiger partial charge < -0.3 is 4.74 Å². The van der Waals surface area contributed by atoms with Crippen molar-refractivity contribution in [1.29, 1.82) is 0 Å². The van der Waals surface area contributed by atoms with Crippen LogP contribution in [0.15, 0.2) is 0 Å². The summed E-state index contributed by atoms with van der Waals surface area (Å²) in [6.45, 7) is 1.11. The lowest BCUT2D eigenvalue weighted by molar-refractivity contribution is -0.114. The summed E-state index contributed by atoms with van der Waals surface area (Å²) in [6.07, 6.45) is -1.10. The van der Waals surface area contributed by atoms with Gasteiger partial charge in [-0.1, -0.05) is 0 Å². The second kappa shape index (κ2) is 4.05. The Hall–Kier alpha value is -1.11. The predicted octanol–water partition coefficient (Wildman–Crippen LogP) is -0.739. The van der Waals surface area contributed by atoms with Crippen molar-refractivity contribution in [1.82, 2.24) is 4.72 Å². The molecule has 0 aromatic heterocycles. The number of nitrogens with one attached hydrogen (secondary N) is 1. The molecule has 1 N–H and O–H groups in total. The van der Waals surface area contributed by atoms with Gasteiger partial charge in [-0.3, -0.25) is 4.79 Å². The molecule has 0 radical (unpaired) electrons. The SMILES string of the molecule is COC(=O)NS(=O)(=O)CC(C)=O. The van der Waals surface area contributed by atoms with Gasteiger partial charge in [-0.15, -0.1) is 0 Å².